The molecule has 1 unspecified atom stereocenters. The minimum Gasteiger partial charge on any atom is -0.354 e. The molecular weight excluding hydrogens is 497 g/mol. The number of halogens is 3. The van der Waals surface area contributed by atoms with Crippen LogP contribution in [0.2, 0.25) is 0 Å². The van der Waals surface area contributed by atoms with Gasteiger partial charge in [-0.2, -0.15) is 18.4 Å². The number of hydrogen-bond acceptors (Lipinski definition) is 4. The molecule has 5 rings (SSSR count). The average Bonchev–Trinajstić information content (AvgIpc) is 3.73. The Hall–Kier alpha value is -4.13. The van der Waals surface area contributed by atoms with Crippen LogP contribution in [0.4, 0.5) is 23.7 Å². The summed E-state index contributed by atoms with van der Waals surface area (Å²) in [7, 11) is 0. The summed E-state index contributed by atoms with van der Waals surface area (Å²) in [5, 5.41) is 12.0. The first-order valence-corrected chi connectivity index (χ1v) is 12.5. The fourth-order valence-corrected chi connectivity index (χ4v) is 5.02. The molecule has 196 valence electrons. The van der Waals surface area contributed by atoms with Crippen molar-refractivity contribution in [3.63, 3.8) is 0 Å². The number of nitrogens with zero attached hydrogens (tertiary/aromatic N) is 3. The van der Waals surface area contributed by atoms with E-state index in [1.54, 1.807) is 24.3 Å². The molecule has 1 fully saturated rings. The first-order valence-electron chi connectivity index (χ1n) is 12.5. The number of allylic oxidation sites excluding steroid dienone is 1. The molecule has 10 heteroatoms. The van der Waals surface area contributed by atoms with Crippen molar-refractivity contribution in [2.45, 2.75) is 44.3 Å². The number of urea groups is 1. The number of carbonyl (C=O) groups is 3. The monoisotopic (exact) mass is 522 g/mol. The number of amides is 3. The van der Waals surface area contributed by atoms with Gasteiger partial charge in [0.05, 0.1) is 28.9 Å². The lowest BCUT2D eigenvalue weighted by atomic mass is 9.83. The molecule has 7 nitrogen and oxygen atoms in total. The number of rotatable bonds is 6. The summed E-state index contributed by atoms with van der Waals surface area (Å²) in [6, 6.07) is 11.3. The van der Waals surface area contributed by atoms with Gasteiger partial charge < -0.3 is 10.2 Å². The highest BCUT2D eigenvalue weighted by Crippen LogP contribution is 2.44. The number of hydrogen-bond donors (Lipinski definition) is 1. The van der Waals surface area contributed by atoms with Gasteiger partial charge in [-0.15, -0.1) is 0 Å². The molecule has 1 heterocycles. The first-order chi connectivity index (χ1) is 18.2. The van der Waals surface area contributed by atoms with Crippen molar-refractivity contribution in [2.75, 3.05) is 18.0 Å². The summed E-state index contributed by atoms with van der Waals surface area (Å²) in [6.45, 7) is 0.0996. The Morgan fingerprint density at radius 1 is 1.08 bits per heavy atom. The normalized spacial score (nSPS) is 19.8. The summed E-state index contributed by atoms with van der Waals surface area (Å²) in [6.07, 6.45) is -1.60. The van der Waals surface area contributed by atoms with Crippen LogP contribution in [0.1, 0.15) is 54.8 Å². The molecule has 0 spiro atoms. The Morgan fingerprint density at radius 2 is 1.82 bits per heavy atom. The molecule has 1 aliphatic heterocycles. The number of carbonyl (C=O) groups excluding carboxylic acids is 3. The Balaban J connectivity index is 1.63. The lowest BCUT2D eigenvalue weighted by Crippen LogP contribution is -2.54. The molecule has 0 aromatic heterocycles. The van der Waals surface area contributed by atoms with E-state index in [2.05, 4.69) is 5.32 Å². The van der Waals surface area contributed by atoms with Crippen molar-refractivity contribution in [3.8, 4) is 6.07 Å². The number of nitrogens with one attached hydrogen (secondary N) is 1. The van der Waals surface area contributed by atoms with Crippen LogP contribution in [0.3, 0.4) is 0 Å². The molecule has 38 heavy (non-hydrogen) atoms. The van der Waals surface area contributed by atoms with Crippen LogP contribution in [0.25, 0.3) is 0 Å². The summed E-state index contributed by atoms with van der Waals surface area (Å²) in [5.74, 6) is -0.241. The van der Waals surface area contributed by atoms with Gasteiger partial charge in [0.25, 0.3) is 0 Å². The molecule has 1 atom stereocenters. The molecule has 1 saturated carbocycles. The zero-order valence-corrected chi connectivity index (χ0v) is 20.4. The van der Waals surface area contributed by atoms with Crippen molar-refractivity contribution in [3.05, 3.63) is 76.5 Å². The van der Waals surface area contributed by atoms with Crippen LogP contribution < -0.4 is 10.2 Å². The van der Waals surface area contributed by atoms with E-state index in [0.29, 0.717) is 42.1 Å². The zero-order chi connectivity index (χ0) is 27.0. The Morgan fingerprint density at radius 3 is 2.47 bits per heavy atom. The molecule has 3 amide bonds. The molecule has 2 aromatic rings. The van der Waals surface area contributed by atoms with Crippen molar-refractivity contribution in [1.29, 1.82) is 5.26 Å². The van der Waals surface area contributed by atoms with Crippen molar-refractivity contribution in [1.82, 2.24) is 10.2 Å². The van der Waals surface area contributed by atoms with Gasteiger partial charge >= 0.3 is 12.2 Å². The number of benzene rings is 2. The third kappa shape index (κ3) is 5.01. The van der Waals surface area contributed by atoms with Crippen LogP contribution in [0.5, 0.6) is 0 Å². The number of alkyl halides is 3. The molecule has 0 radical (unpaired) electrons. The largest absolute Gasteiger partial charge is 0.416 e. The van der Waals surface area contributed by atoms with E-state index >= 15 is 0 Å². The lowest BCUT2D eigenvalue weighted by molar-refractivity contribution is -0.137. The molecule has 3 aliphatic rings. The SMILES string of the molecule is N#Cc1ccc(C2C3=C(CCCC3=O)N(c3cccc(C(F)(F)F)c3)C(=O)N2CC(=O)NCC2CC2)cc1. The van der Waals surface area contributed by atoms with E-state index in [0.717, 1.165) is 29.9 Å². The highest BCUT2D eigenvalue weighted by molar-refractivity contribution is 6.07. The average molecular weight is 523 g/mol. The summed E-state index contributed by atoms with van der Waals surface area (Å²) in [4.78, 5) is 42.7. The molecular formula is C28H25F3N4O3. The van der Waals surface area contributed by atoms with Gasteiger partial charge in [-0.3, -0.25) is 14.5 Å². The number of ketones is 1. The zero-order valence-electron chi connectivity index (χ0n) is 20.4. The minimum atomic E-state index is -4.62. The fourth-order valence-electron chi connectivity index (χ4n) is 5.02. The van der Waals surface area contributed by atoms with E-state index in [9.17, 15) is 32.8 Å². The second-order valence-corrected chi connectivity index (χ2v) is 9.81. The van der Waals surface area contributed by atoms with E-state index in [-0.39, 0.29) is 30.0 Å². The number of nitriles is 1. The topological polar surface area (TPSA) is 93.5 Å². The van der Waals surface area contributed by atoms with Gasteiger partial charge in [0.1, 0.15) is 6.54 Å². The van der Waals surface area contributed by atoms with Crippen LogP contribution in [-0.2, 0) is 15.8 Å². The van der Waals surface area contributed by atoms with Crippen molar-refractivity contribution >= 4 is 23.4 Å². The van der Waals surface area contributed by atoms with E-state index in [1.165, 1.54) is 17.0 Å². The van der Waals surface area contributed by atoms with E-state index in [1.807, 2.05) is 6.07 Å². The predicted molar refractivity (Wildman–Crippen MR) is 132 cm³/mol. The summed E-state index contributed by atoms with van der Waals surface area (Å²) in [5.41, 5.74) is 0.615. The maximum absolute atomic E-state index is 14.0. The van der Waals surface area contributed by atoms with Gasteiger partial charge in [-0.25, -0.2) is 4.79 Å². The van der Waals surface area contributed by atoms with Crippen LogP contribution >= 0.6 is 0 Å². The summed E-state index contributed by atoms with van der Waals surface area (Å²) >= 11 is 0. The van der Waals surface area contributed by atoms with Crippen molar-refractivity contribution in [2.24, 2.45) is 5.92 Å². The minimum absolute atomic E-state index is 0.0197. The standard InChI is InChI=1S/C28H25F3N4O3/c29-28(30,31)20-3-1-4-21(13-20)35-22-5-2-6-23(36)25(22)26(19-11-9-17(14-32)10-12-19)34(27(35)38)16-24(37)33-15-18-7-8-18/h1,3-4,9-13,18,26H,2,5-8,15-16H2,(H,33,37). The molecule has 0 saturated heterocycles. The molecule has 1 N–H and O–H groups in total. The second kappa shape index (κ2) is 9.97. The fraction of sp³-hybridized carbons (Fsp3) is 0.357. The third-order valence-corrected chi connectivity index (χ3v) is 7.11. The van der Waals surface area contributed by atoms with Gasteiger partial charge in [0.2, 0.25) is 5.91 Å². The summed E-state index contributed by atoms with van der Waals surface area (Å²) < 4.78 is 40.6. The highest BCUT2D eigenvalue weighted by Gasteiger charge is 2.45. The lowest BCUT2D eigenvalue weighted by Gasteiger charge is -2.45. The Kier molecular flexibility index (Phi) is 6.69. The van der Waals surface area contributed by atoms with Gasteiger partial charge in [0.15, 0.2) is 5.78 Å². The predicted octanol–water partition coefficient (Wildman–Crippen LogP) is 5.09. The number of Topliss-reactive ketones (excluding diaryl/α,β-unsaturated/α-hetero) is 1. The van der Waals surface area contributed by atoms with Gasteiger partial charge in [0, 0.05) is 24.2 Å². The highest BCUT2D eigenvalue weighted by atomic mass is 19.4. The van der Waals surface area contributed by atoms with Gasteiger partial charge in [-0.1, -0.05) is 18.2 Å². The molecule has 0 bridgehead atoms. The molecule has 2 aromatic carbocycles. The number of anilines is 1. The second-order valence-electron chi connectivity index (χ2n) is 9.81. The van der Waals surface area contributed by atoms with Crippen LogP contribution in [0, 0.1) is 17.2 Å². The van der Waals surface area contributed by atoms with Crippen LogP contribution in [-0.4, -0.2) is 35.7 Å². The molecule has 2 aliphatic carbocycles. The third-order valence-electron chi connectivity index (χ3n) is 7.11. The van der Waals surface area contributed by atoms with Gasteiger partial charge in [-0.05, 0) is 67.5 Å². The maximum atomic E-state index is 14.0. The smallest absolute Gasteiger partial charge is 0.354 e. The Labute approximate surface area is 217 Å². The van der Waals surface area contributed by atoms with E-state index < -0.39 is 29.7 Å². The quantitative estimate of drug-likeness (QED) is 0.572. The maximum Gasteiger partial charge on any atom is 0.416 e. The Bertz CT molecular complexity index is 1360. The van der Waals surface area contributed by atoms with Crippen LogP contribution in [0.15, 0.2) is 59.8 Å². The van der Waals surface area contributed by atoms with E-state index in [4.69, 9.17) is 0 Å². The first kappa shape index (κ1) is 25.5. The van der Waals surface area contributed by atoms with Crippen molar-refractivity contribution < 1.29 is 27.6 Å².